The number of benzene rings is 2. The summed E-state index contributed by atoms with van der Waals surface area (Å²) in [6.07, 6.45) is -2.73. The molecule has 4 aromatic rings. The molecule has 0 radical (unpaired) electrons. The number of nitrogens with zero attached hydrogens (tertiary/aromatic N) is 2. The van der Waals surface area contributed by atoms with Crippen molar-refractivity contribution in [2.45, 2.75) is 25.6 Å². The average Bonchev–Trinajstić information content (AvgIpc) is 3.44. The minimum absolute atomic E-state index is 0.0292. The number of hydrogen-bond donors (Lipinski definition) is 2. The van der Waals surface area contributed by atoms with Crippen molar-refractivity contribution in [1.29, 1.82) is 0 Å². The number of amides is 2. The van der Waals surface area contributed by atoms with Gasteiger partial charge in [0.1, 0.15) is 11.6 Å². The summed E-state index contributed by atoms with van der Waals surface area (Å²) in [6.45, 7) is 0.347. The number of imidazole rings is 1. The number of rotatable bonds is 8. The van der Waals surface area contributed by atoms with Gasteiger partial charge in [-0.15, -0.1) is 0 Å². The molecule has 0 fully saturated rings. The second-order valence-corrected chi connectivity index (χ2v) is 7.72. The van der Waals surface area contributed by atoms with E-state index in [9.17, 15) is 27.2 Å². The van der Waals surface area contributed by atoms with Crippen LogP contribution in [0.3, 0.4) is 0 Å². The first-order valence-electron chi connectivity index (χ1n) is 10.6. The van der Waals surface area contributed by atoms with E-state index >= 15 is 0 Å². The number of nitrogens with one attached hydrogen (secondary N) is 2. The van der Waals surface area contributed by atoms with E-state index in [1.165, 1.54) is 36.6 Å². The van der Waals surface area contributed by atoms with Gasteiger partial charge in [0.2, 0.25) is 11.9 Å². The summed E-state index contributed by atoms with van der Waals surface area (Å²) in [4.78, 5) is 28.7. The Hall–Kier alpha value is -4.15. The van der Waals surface area contributed by atoms with E-state index in [1.807, 2.05) is 0 Å². The highest BCUT2D eigenvalue weighted by atomic mass is 19.4. The van der Waals surface area contributed by atoms with Crippen LogP contribution in [0.1, 0.15) is 34.5 Å². The van der Waals surface area contributed by atoms with Crippen LogP contribution >= 0.6 is 0 Å². The van der Waals surface area contributed by atoms with Gasteiger partial charge < -0.3 is 14.3 Å². The Balaban J connectivity index is 1.42. The number of alkyl halides is 3. The van der Waals surface area contributed by atoms with Crippen LogP contribution in [0.25, 0.3) is 11.0 Å². The van der Waals surface area contributed by atoms with Gasteiger partial charge in [-0.05, 0) is 61.0 Å². The molecule has 2 aromatic carbocycles. The minimum atomic E-state index is -4.53. The van der Waals surface area contributed by atoms with Gasteiger partial charge in [-0.3, -0.25) is 14.9 Å². The largest absolute Gasteiger partial charge is 0.467 e. The lowest BCUT2D eigenvalue weighted by molar-refractivity contribution is -0.137. The Bertz CT molecular complexity index is 1330. The van der Waals surface area contributed by atoms with Crippen LogP contribution in [-0.4, -0.2) is 27.9 Å². The third-order valence-electron chi connectivity index (χ3n) is 5.19. The number of furan rings is 1. The Morgan fingerprint density at radius 1 is 1.06 bits per heavy atom. The SMILES string of the molecule is O=C(CCCNC(=O)c1ccc(F)cc1)Nc1nc2cc(C(F)(F)F)ccc2n1Cc1ccco1. The fourth-order valence-electron chi connectivity index (χ4n) is 3.46. The Kier molecular flexibility index (Phi) is 6.85. The van der Waals surface area contributed by atoms with Crippen LogP contribution in [0.5, 0.6) is 0 Å². The Morgan fingerprint density at radius 3 is 2.51 bits per heavy atom. The number of hydrogen-bond acceptors (Lipinski definition) is 4. The molecule has 2 amide bonds. The molecular formula is C24H20F4N4O3. The average molecular weight is 488 g/mol. The van der Waals surface area contributed by atoms with Crippen molar-refractivity contribution in [2.75, 3.05) is 11.9 Å². The first kappa shape index (κ1) is 24.0. The first-order valence-corrected chi connectivity index (χ1v) is 10.6. The third kappa shape index (κ3) is 5.86. The smallest absolute Gasteiger partial charge is 0.416 e. The van der Waals surface area contributed by atoms with Crippen molar-refractivity contribution in [3.8, 4) is 0 Å². The molecule has 0 bridgehead atoms. The maximum atomic E-state index is 13.1. The van der Waals surface area contributed by atoms with Crippen molar-refractivity contribution in [1.82, 2.24) is 14.9 Å². The van der Waals surface area contributed by atoms with Crippen molar-refractivity contribution in [3.05, 3.63) is 83.6 Å². The quantitative estimate of drug-likeness (QED) is 0.270. The molecule has 0 saturated heterocycles. The summed E-state index contributed by atoms with van der Waals surface area (Å²) < 4.78 is 59.2. The van der Waals surface area contributed by atoms with E-state index in [-0.39, 0.29) is 31.0 Å². The second kappa shape index (κ2) is 10.00. The lowest BCUT2D eigenvalue weighted by Crippen LogP contribution is -2.25. The van der Waals surface area contributed by atoms with Crippen molar-refractivity contribution in [2.24, 2.45) is 0 Å². The van der Waals surface area contributed by atoms with Gasteiger partial charge in [0.15, 0.2) is 0 Å². The fraction of sp³-hybridized carbons (Fsp3) is 0.208. The van der Waals surface area contributed by atoms with Crippen molar-refractivity contribution >= 4 is 28.8 Å². The number of aromatic nitrogens is 2. The zero-order valence-corrected chi connectivity index (χ0v) is 18.2. The summed E-state index contributed by atoms with van der Waals surface area (Å²) >= 11 is 0. The molecule has 182 valence electrons. The van der Waals surface area contributed by atoms with E-state index in [4.69, 9.17) is 4.42 Å². The molecule has 2 heterocycles. The molecule has 0 atom stereocenters. The fourth-order valence-corrected chi connectivity index (χ4v) is 3.46. The van der Waals surface area contributed by atoms with Gasteiger partial charge in [-0.1, -0.05) is 0 Å². The van der Waals surface area contributed by atoms with Crippen LogP contribution in [0, 0.1) is 5.82 Å². The highest BCUT2D eigenvalue weighted by Crippen LogP contribution is 2.32. The third-order valence-corrected chi connectivity index (χ3v) is 5.19. The van der Waals surface area contributed by atoms with Crippen molar-refractivity contribution in [3.63, 3.8) is 0 Å². The van der Waals surface area contributed by atoms with Crippen molar-refractivity contribution < 1.29 is 31.6 Å². The number of fused-ring (bicyclic) bond motifs is 1. The molecular weight excluding hydrogens is 468 g/mol. The highest BCUT2D eigenvalue weighted by molar-refractivity contribution is 5.94. The monoisotopic (exact) mass is 488 g/mol. The molecule has 7 nitrogen and oxygen atoms in total. The molecule has 2 aromatic heterocycles. The maximum absolute atomic E-state index is 13.1. The molecule has 11 heteroatoms. The summed E-state index contributed by atoms with van der Waals surface area (Å²) in [6, 6.07) is 11.6. The molecule has 0 spiro atoms. The zero-order chi connectivity index (χ0) is 25.0. The molecule has 4 rings (SSSR count). The summed E-state index contributed by atoms with van der Waals surface area (Å²) in [5.41, 5.74) is -0.0763. The highest BCUT2D eigenvalue weighted by Gasteiger charge is 2.31. The number of anilines is 1. The topological polar surface area (TPSA) is 89.2 Å². The molecule has 0 aliphatic heterocycles. The number of carbonyl (C=O) groups excluding carboxylic acids is 2. The van der Waals surface area contributed by atoms with Crippen LogP contribution in [-0.2, 0) is 17.5 Å². The summed E-state index contributed by atoms with van der Waals surface area (Å²) in [5.74, 6) is -0.663. The predicted molar refractivity (Wildman–Crippen MR) is 119 cm³/mol. The summed E-state index contributed by atoms with van der Waals surface area (Å²) in [5, 5.41) is 5.27. The van der Waals surface area contributed by atoms with Gasteiger partial charge in [0, 0.05) is 18.5 Å². The van der Waals surface area contributed by atoms with Crippen LogP contribution < -0.4 is 10.6 Å². The molecule has 35 heavy (non-hydrogen) atoms. The van der Waals surface area contributed by atoms with Gasteiger partial charge in [-0.25, -0.2) is 9.37 Å². The molecule has 2 N–H and O–H groups in total. The van der Waals surface area contributed by atoms with Gasteiger partial charge in [-0.2, -0.15) is 13.2 Å². The normalized spacial score (nSPS) is 11.5. The number of carbonyl (C=O) groups is 2. The van der Waals surface area contributed by atoms with E-state index in [0.717, 1.165) is 12.1 Å². The number of halogens is 4. The Morgan fingerprint density at radius 2 is 1.83 bits per heavy atom. The molecule has 0 unspecified atom stereocenters. The summed E-state index contributed by atoms with van der Waals surface area (Å²) in [7, 11) is 0. The van der Waals surface area contributed by atoms with Gasteiger partial charge >= 0.3 is 6.18 Å². The minimum Gasteiger partial charge on any atom is -0.467 e. The lowest BCUT2D eigenvalue weighted by atomic mass is 10.2. The lowest BCUT2D eigenvalue weighted by Gasteiger charge is -2.10. The van der Waals surface area contributed by atoms with E-state index in [1.54, 1.807) is 16.7 Å². The first-order chi connectivity index (χ1) is 16.7. The molecule has 0 saturated carbocycles. The van der Waals surface area contributed by atoms with E-state index in [2.05, 4.69) is 15.6 Å². The van der Waals surface area contributed by atoms with E-state index in [0.29, 0.717) is 23.3 Å². The van der Waals surface area contributed by atoms with Crippen LogP contribution in [0.4, 0.5) is 23.5 Å². The zero-order valence-electron chi connectivity index (χ0n) is 18.2. The molecule has 0 aliphatic rings. The van der Waals surface area contributed by atoms with Crippen LogP contribution in [0.2, 0.25) is 0 Å². The standard InChI is InChI=1S/C24H20F4N4O3/c25-17-8-5-15(6-9-17)22(34)29-11-1-4-21(33)31-23-30-19-13-16(24(26,27)28)7-10-20(19)32(23)14-18-3-2-12-35-18/h2-3,5-10,12-13H,1,4,11,14H2,(H,29,34)(H,30,31,33). The molecule has 0 aliphatic carbocycles. The second-order valence-electron chi connectivity index (χ2n) is 7.72. The van der Waals surface area contributed by atoms with Crippen LogP contribution in [0.15, 0.2) is 65.3 Å². The van der Waals surface area contributed by atoms with E-state index < -0.39 is 29.4 Å². The van der Waals surface area contributed by atoms with Gasteiger partial charge in [0.05, 0.1) is 29.4 Å². The van der Waals surface area contributed by atoms with Gasteiger partial charge in [0.25, 0.3) is 5.91 Å². The Labute approximate surface area is 196 Å². The predicted octanol–water partition coefficient (Wildman–Crippen LogP) is 4.98. The maximum Gasteiger partial charge on any atom is 0.416 e.